The van der Waals surface area contributed by atoms with Crippen molar-refractivity contribution >= 4 is 5.91 Å². The molecule has 1 N–H and O–H groups in total. The second-order valence-corrected chi connectivity index (χ2v) is 6.00. The lowest BCUT2D eigenvalue weighted by molar-refractivity contribution is 0.0924. The van der Waals surface area contributed by atoms with Gasteiger partial charge in [0.05, 0.1) is 18.5 Å². The molecule has 0 radical (unpaired) electrons. The molecule has 2 fully saturated rings. The van der Waals surface area contributed by atoms with Gasteiger partial charge in [-0.05, 0) is 43.9 Å². The van der Waals surface area contributed by atoms with E-state index in [9.17, 15) is 4.79 Å². The zero-order valence-corrected chi connectivity index (χ0v) is 11.9. The van der Waals surface area contributed by atoms with E-state index < -0.39 is 0 Å². The first-order valence-electron chi connectivity index (χ1n) is 7.70. The van der Waals surface area contributed by atoms with Crippen LogP contribution in [0.25, 0.3) is 0 Å². The van der Waals surface area contributed by atoms with Crippen LogP contribution in [0.3, 0.4) is 0 Å². The molecule has 1 amide bonds. The molecule has 0 aromatic carbocycles. The summed E-state index contributed by atoms with van der Waals surface area (Å²) >= 11 is 0. The topological polar surface area (TPSA) is 60.1 Å². The van der Waals surface area contributed by atoms with E-state index >= 15 is 0 Å². The maximum absolute atomic E-state index is 11.8. The summed E-state index contributed by atoms with van der Waals surface area (Å²) in [6.45, 7) is 1.30. The third kappa shape index (κ3) is 2.73. The average molecular weight is 285 g/mol. The van der Waals surface area contributed by atoms with Crippen molar-refractivity contribution in [1.82, 2.24) is 15.1 Å². The molecule has 0 aliphatic heterocycles. The van der Waals surface area contributed by atoms with E-state index in [0.717, 1.165) is 6.54 Å². The normalized spacial score (nSPS) is 17.9. The molecule has 2 saturated carbocycles. The van der Waals surface area contributed by atoms with Gasteiger partial charge in [-0.25, -0.2) is 0 Å². The summed E-state index contributed by atoms with van der Waals surface area (Å²) in [5.74, 6) is 1.56. The van der Waals surface area contributed by atoms with E-state index in [1.165, 1.54) is 43.3 Å². The number of hydrogen-bond donors (Lipinski definition) is 1. The first kappa shape index (κ1) is 12.7. The number of nitrogens with zero attached hydrogens (tertiary/aromatic N) is 2. The Hall–Kier alpha value is -2.04. The van der Waals surface area contributed by atoms with Gasteiger partial charge in [0, 0.05) is 24.1 Å². The average Bonchev–Trinajstić information content (AvgIpc) is 3.42. The zero-order valence-electron chi connectivity index (χ0n) is 11.9. The highest BCUT2D eigenvalue weighted by Crippen LogP contribution is 2.44. The van der Waals surface area contributed by atoms with Crippen LogP contribution in [0.15, 0.2) is 28.9 Å². The quantitative estimate of drug-likeness (QED) is 0.887. The molecule has 2 heterocycles. The zero-order chi connectivity index (χ0) is 14.2. The van der Waals surface area contributed by atoms with Gasteiger partial charge >= 0.3 is 0 Å². The van der Waals surface area contributed by atoms with Crippen molar-refractivity contribution in [2.24, 2.45) is 0 Å². The molecule has 2 aliphatic carbocycles. The van der Waals surface area contributed by atoms with Crippen LogP contribution in [-0.2, 0) is 6.54 Å². The number of furan rings is 1. The van der Waals surface area contributed by atoms with E-state index in [0.29, 0.717) is 24.1 Å². The van der Waals surface area contributed by atoms with Crippen molar-refractivity contribution in [1.29, 1.82) is 0 Å². The third-order valence-electron chi connectivity index (χ3n) is 4.18. The fourth-order valence-corrected chi connectivity index (χ4v) is 2.69. The monoisotopic (exact) mass is 285 g/mol. The number of amides is 1. The van der Waals surface area contributed by atoms with Crippen LogP contribution in [-0.4, -0.2) is 22.2 Å². The van der Waals surface area contributed by atoms with Crippen molar-refractivity contribution in [3.05, 3.63) is 41.6 Å². The maximum Gasteiger partial charge on any atom is 0.287 e. The third-order valence-corrected chi connectivity index (χ3v) is 4.18. The molecule has 2 aromatic rings. The minimum Gasteiger partial charge on any atom is -0.459 e. The Bertz CT molecular complexity index is 637. The second kappa shape index (κ2) is 5.06. The van der Waals surface area contributed by atoms with Gasteiger partial charge in [0.2, 0.25) is 0 Å². The van der Waals surface area contributed by atoms with Crippen molar-refractivity contribution in [3.63, 3.8) is 0 Å². The van der Waals surface area contributed by atoms with Crippen LogP contribution in [0.5, 0.6) is 0 Å². The van der Waals surface area contributed by atoms with Crippen molar-refractivity contribution in [3.8, 4) is 0 Å². The molecule has 0 bridgehead atoms. The molecule has 110 valence electrons. The van der Waals surface area contributed by atoms with Gasteiger partial charge in [-0.1, -0.05) is 0 Å². The summed E-state index contributed by atoms with van der Waals surface area (Å²) in [6.07, 6.45) is 6.60. The summed E-state index contributed by atoms with van der Waals surface area (Å²) in [7, 11) is 0. The van der Waals surface area contributed by atoms with Crippen LogP contribution in [0.4, 0.5) is 0 Å². The van der Waals surface area contributed by atoms with Gasteiger partial charge in [0.1, 0.15) is 0 Å². The molecule has 5 nitrogen and oxygen atoms in total. The standard InChI is InChI=1S/C16H19N3O2/c20-16(15-2-1-9-21-15)17-7-8-19-14(12-5-6-12)10-13(18-19)11-3-4-11/h1-2,9-12H,3-8H2,(H,17,20). The second-order valence-electron chi connectivity index (χ2n) is 6.00. The molecule has 21 heavy (non-hydrogen) atoms. The number of aromatic nitrogens is 2. The first-order valence-corrected chi connectivity index (χ1v) is 7.70. The summed E-state index contributed by atoms with van der Waals surface area (Å²) in [5.41, 5.74) is 2.60. The van der Waals surface area contributed by atoms with Gasteiger partial charge in [0.15, 0.2) is 5.76 Å². The van der Waals surface area contributed by atoms with Gasteiger partial charge in [-0.2, -0.15) is 5.10 Å². The largest absolute Gasteiger partial charge is 0.459 e. The number of nitrogens with one attached hydrogen (secondary N) is 1. The summed E-state index contributed by atoms with van der Waals surface area (Å²) < 4.78 is 7.17. The predicted octanol–water partition coefficient (Wildman–Crippen LogP) is 2.66. The molecular formula is C16H19N3O2. The van der Waals surface area contributed by atoms with E-state index in [2.05, 4.69) is 16.1 Å². The van der Waals surface area contributed by atoms with Crippen molar-refractivity contribution < 1.29 is 9.21 Å². The Labute approximate surface area is 123 Å². The lowest BCUT2D eigenvalue weighted by Crippen LogP contribution is -2.27. The number of hydrogen-bond acceptors (Lipinski definition) is 3. The molecule has 4 rings (SSSR count). The molecule has 0 saturated heterocycles. The number of carbonyl (C=O) groups excluding carboxylic acids is 1. The molecule has 2 aromatic heterocycles. The summed E-state index contributed by atoms with van der Waals surface area (Å²) in [6, 6.07) is 5.67. The Morgan fingerprint density at radius 1 is 1.33 bits per heavy atom. The lowest BCUT2D eigenvalue weighted by Gasteiger charge is -2.07. The Morgan fingerprint density at radius 3 is 2.81 bits per heavy atom. The van der Waals surface area contributed by atoms with Crippen LogP contribution >= 0.6 is 0 Å². The molecule has 0 spiro atoms. The van der Waals surface area contributed by atoms with Crippen LogP contribution in [0.1, 0.15) is 59.5 Å². The fraction of sp³-hybridized carbons (Fsp3) is 0.500. The molecular weight excluding hydrogens is 266 g/mol. The van der Waals surface area contributed by atoms with E-state index in [4.69, 9.17) is 9.52 Å². The van der Waals surface area contributed by atoms with E-state index in [1.54, 1.807) is 12.1 Å². The van der Waals surface area contributed by atoms with Crippen LogP contribution < -0.4 is 5.32 Å². The SMILES string of the molecule is O=C(NCCn1nc(C2CC2)cc1C1CC1)c1ccco1. The van der Waals surface area contributed by atoms with Gasteiger partial charge in [-0.3, -0.25) is 9.48 Å². The lowest BCUT2D eigenvalue weighted by atomic mass is 10.2. The molecule has 0 atom stereocenters. The van der Waals surface area contributed by atoms with Gasteiger partial charge in [0.25, 0.3) is 5.91 Å². The highest BCUT2D eigenvalue weighted by Gasteiger charge is 2.32. The smallest absolute Gasteiger partial charge is 0.287 e. The molecule has 5 heteroatoms. The first-order chi connectivity index (χ1) is 10.3. The Balaban J connectivity index is 1.39. The Kier molecular flexibility index (Phi) is 3.05. The molecule has 2 aliphatic rings. The number of rotatable bonds is 6. The highest BCUT2D eigenvalue weighted by molar-refractivity contribution is 5.91. The minimum atomic E-state index is -0.164. The van der Waals surface area contributed by atoms with Gasteiger partial charge in [-0.15, -0.1) is 0 Å². The summed E-state index contributed by atoms with van der Waals surface area (Å²) in [5, 5.41) is 7.62. The predicted molar refractivity (Wildman–Crippen MR) is 77.2 cm³/mol. The fourth-order valence-electron chi connectivity index (χ4n) is 2.69. The van der Waals surface area contributed by atoms with Crippen LogP contribution in [0.2, 0.25) is 0 Å². The van der Waals surface area contributed by atoms with Crippen LogP contribution in [0, 0.1) is 0 Å². The minimum absolute atomic E-state index is 0.164. The van der Waals surface area contributed by atoms with Gasteiger partial charge < -0.3 is 9.73 Å². The Morgan fingerprint density at radius 2 is 2.14 bits per heavy atom. The summed E-state index contributed by atoms with van der Waals surface area (Å²) in [4.78, 5) is 11.8. The van der Waals surface area contributed by atoms with E-state index in [-0.39, 0.29) is 5.91 Å². The maximum atomic E-state index is 11.8. The molecule has 0 unspecified atom stereocenters. The van der Waals surface area contributed by atoms with Crippen molar-refractivity contribution in [2.45, 2.75) is 44.1 Å². The van der Waals surface area contributed by atoms with E-state index in [1.807, 2.05) is 0 Å². The van der Waals surface area contributed by atoms with Crippen molar-refractivity contribution in [2.75, 3.05) is 6.54 Å². The highest BCUT2D eigenvalue weighted by atomic mass is 16.3. The number of carbonyl (C=O) groups is 1.